The minimum atomic E-state index is -0.412. The van der Waals surface area contributed by atoms with Gasteiger partial charge in [0.15, 0.2) is 0 Å². The zero-order valence-electron chi connectivity index (χ0n) is 7.44. The zero-order valence-corrected chi connectivity index (χ0v) is 7.44. The van der Waals surface area contributed by atoms with Crippen molar-refractivity contribution in [3.63, 3.8) is 0 Å². The summed E-state index contributed by atoms with van der Waals surface area (Å²) in [6, 6.07) is 9.69. The monoisotopic (exact) mass is 173 g/mol. The van der Waals surface area contributed by atoms with Crippen LogP contribution < -0.4 is 0 Å². The molecule has 0 bridgehead atoms. The van der Waals surface area contributed by atoms with E-state index in [1.165, 1.54) is 0 Å². The van der Waals surface area contributed by atoms with Crippen molar-refractivity contribution < 1.29 is 5.11 Å². The van der Waals surface area contributed by atoms with Crippen molar-refractivity contribution in [1.82, 2.24) is 4.98 Å². The fourth-order valence-electron chi connectivity index (χ4n) is 1.35. The average molecular weight is 173 g/mol. The Labute approximate surface area is 76.9 Å². The lowest BCUT2D eigenvalue weighted by Gasteiger charge is -2.04. The van der Waals surface area contributed by atoms with Gasteiger partial charge < -0.3 is 5.11 Å². The minimum Gasteiger partial charge on any atom is -0.389 e. The topological polar surface area (TPSA) is 33.1 Å². The van der Waals surface area contributed by atoms with Crippen molar-refractivity contribution in [2.24, 2.45) is 0 Å². The highest BCUT2D eigenvalue weighted by atomic mass is 16.3. The van der Waals surface area contributed by atoms with Crippen LogP contribution in [0.5, 0.6) is 0 Å². The summed E-state index contributed by atoms with van der Waals surface area (Å²) < 4.78 is 0. The lowest BCUT2D eigenvalue weighted by atomic mass is 10.1. The molecule has 2 rings (SSSR count). The lowest BCUT2D eigenvalue weighted by Crippen LogP contribution is -1.90. The van der Waals surface area contributed by atoms with Crippen LogP contribution in [0.3, 0.4) is 0 Å². The smallest absolute Gasteiger partial charge is 0.0762 e. The van der Waals surface area contributed by atoms with Gasteiger partial charge in [0.1, 0.15) is 0 Å². The highest BCUT2D eigenvalue weighted by Crippen LogP contribution is 2.18. The molecule has 66 valence electrons. The predicted molar refractivity (Wildman–Crippen MR) is 52.4 cm³/mol. The van der Waals surface area contributed by atoms with Crippen LogP contribution in [0.2, 0.25) is 0 Å². The quantitative estimate of drug-likeness (QED) is 0.717. The molecule has 1 heterocycles. The first kappa shape index (κ1) is 8.20. The number of hydrogen-bond acceptors (Lipinski definition) is 2. The molecule has 0 fully saturated rings. The van der Waals surface area contributed by atoms with Crippen molar-refractivity contribution in [3.8, 4) is 0 Å². The molecule has 1 aromatic heterocycles. The number of benzene rings is 1. The van der Waals surface area contributed by atoms with Crippen LogP contribution in [0.15, 0.2) is 36.5 Å². The fourth-order valence-corrected chi connectivity index (χ4v) is 1.35. The summed E-state index contributed by atoms with van der Waals surface area (Å²) in [5.41, 5.74) is 1.90. The summed E-state index contributed by atoms with van der Waals surface area (Å²) in [6.45, 7) is 1.76. The molecule has 0 saturated heterocycles. The maximum atomic E-state index is 9.36. The molecule has 1 atom stereocenters. The number of aliphatic hydroxyl groups is 1. The standard InChI is InChI=1S/C11H11NO/c1-8(13)9-4-5-11-10(7-9)3-2-6-12-11/h2-8,13H,1H3/t8-/m0/s1. The molecular weight excluding hydrogens is 162 g/mol. The van der Waals surface area contributed by atoms with Gasteiger partial charge in [-0.2, -0.15) is 0 Å². The molecule has 13 heavy (non-hydrogen) atoms. The van der Waals surface area contributed by atoms with Gasteiger partial charge in [0, 0.05) is 11.6 Å². The van der Waals surface area contributed by atoms with Gasteiger partial charge in [-0.15, -0.1) is 0 Å². The van der Waals surface area contributed by atoms with Crippen molar-refractivity contribution in [2.45, 2.75) is 13.0 Å². The SMILES string of the molecule is C[C@H](O)c1ccc2ncccc2c1. The molecule has 2 aromatic rings. The van der Waals surface area contributed by atoms with Gasteiger partial charge in [-0.3, -0.25) is 4.98 Å². The molecular formula is C11H11NO. The maximum absolute atomic E-state index is 9.36. The zero-order chi connectivity index (χ0) is 9.26. The van der Waals surface area contributed by atoms with Crippen LogP contribution >= 0.6 is 0 Å². The molecule has 0 unspecified atom stereocenters. The molecule has 2 heteroatoms. The normalized spacial score (nSPS) is 13.1. The van der Waals surface area contributed by atoms with E-state index in [1.54, 1.807) is 13.1 Å². The van der Waals surface area contributed by atoms with Crippen molar-refractivity contribution >= 4 is 10.9 Å². The van der Waals surface area contributed by atoms with Gasteiger partial charge in [-0.1, -0.05) is 12.1 Å². The number of pyridine rings is 1. The lowest BCUT2D eigenvalue weighted by molar-refractivity contribution is 0.199. The first-order chi connectivity index (χ1) is 6.27. The largest absolute Gasteiger partial charge is 0.389 e. The van der Waals surface area contributed by atoms with E-state index >= 15 is 0 Å². The first-order valence-electron chi connectivity index (χ1n) is 4.30. The fraction of sp³-hybridized carbons (Fsp3) is 0.182. The number of rotatable bonds is 1. The summed E-state index contributed by atoms with van der Waals surface area (Å²) in [6.07, 6.45) is 1.36. The van der Waals surface area contributed by atoms with Gasteiger partial charge in [-0.05, 0) is 30.7 Å². The average Bonchev–Trinajstić information content (AvgIpc) is 2.17. The van der Waals surface area contributed by atoms with Crippen LogP contribution in [0.1, 0.15) is 18.6 Å². The van der Waals surface area contributed by atoms with Crippen molar-refractivity contribution in [3.05, 3.63) is 42.1 Å². The van der Waals surface area contributed by atoms with Crippen LogP contribution in [0.4, 0.5) is 0 Å². The minimum absolute atomic E-state index is 0.412. The Hall–Kier alpha value is -1.41. The Kier molecular flexibility index (Phi) is 1.99. The molecule has 0 aliphatic rings. The van der Waals surface area contributed by atoms with E-state index in [-0.39, 0.29) is 0 Å². The Bertz CT molecular complexity index is 423. The molecule has 0 aliphatic heterocycles. The molecule has 1 N–H and O–H groups in total. The van der Waals surface area contributed by atoms with E-state index in [0.29, 0.717) is 0 Å². The second-order valence-corrected chi connectivity index (χ2v) is 3.13. The Balaban J connectivity index is 2.62. The highest BCUT2D eigenvalue weighted by Gasteiger charge is 2.01. The molecule has 0 radical (unpaired) electrons. The molecule has 0 aliphatic carbocycles. The van der Waals surface area contributed by atoms with Crippen molar-refractivity contribution in [1.29, 1.82) is 0 Å². The van der Waals surface area contributed by atoms with E-state index in [9.17, 15) is 5.11 Å². The maximum Gasteiger partial charge on any atom is 0.0762 e. The van der Waals surface area contributed by atoms with E-state index < -0.39 is 6.10 Å². The summed E-state index contributed by atoms with van der Waals surface area (Å²) in [5.74, 6) is 0. The summed E-state index contributed by atoms with van der Waals surface area (Å²) in [7, 11) is 0. The summed E-state index contributed by atoms with van der Waals surface area (Å²) in [5, 5.41) is 10.4. The Morgan fingerprint density at radius 3 is 2.92 bits per heavy atom. The number of aromatic nitrogens is 1. The van der Waals surface area contributed by atoms with Gasteiger partial charge in [0.25, 0.3) is 0 Å². The molecule has 0 saturated carbocycles. The summed E-state index contributed by atoms with van der Waals surface area (Å²) in [4.78, 5) is 4.20. The third kappa shape index (κ3) is 1.53. The molecule has 0 amide bonds. The molecule has 1 aromatic carbocycles. The second-order valence-electron chi connectivity index (χ2n) is 3.13. The van der Waals surface area contributed by atoms with Crippen LogP contribution in [0.25, 0.3) is 10.9 Å². The second kappa shape index (κ2) is 3.15. The van der Waals surface area contributed by atoms with E-state index in [2.05, 4.69) is 4.98 Å². The van der Waals surface area contributed by atoms with E-state index in [1.807, 2.05) is 30.3 Å². The number of nitrogens with zero attached hydrogens (tertiary/aromatic N) is 1. The molecule has 2 nitrogen and oxygen atoms in total. The Morgan fingerprint density at radius 1 is 1.31 bits per heavy atom. The van der Waals surface area contributed by atoms with E-state index in [4.69, 9.17) is 0 Å². The van der Waals surface area contributed by atoms with Gasteiger partial charge in [0.2, 0.25) is 0 Å². The van der Waals surface area contributed by atoms with Crippen LogP contribution in [-0.2, 0) is 0 Å². The number of aliphatic hydroxyl groups excluding tert-OH is 1. The summed E-state index contributed by atoms with van der Waals surface area (Å²) >= 11 is 0. The first-order valence-corrected chi connectivity index (χ1v) is 4.30. The van der Waals surface area contributed by atoms with Gasteiger partial charge in [0.05, 0.1) is 11.6 Å². The van der Waals surface area contributed by atoms with Crippen LogP contribution in [-0.4, -0.2) is 10.1 Å². The van der Waals surface area contributed by atoms with Crippen LogP contribution in [0, 0.1) is 0 Å². The van der Waals surface area contributed by atoms with Crippen molar-refractivity contribution in [2.75, 3.05) is 0 Å². The number of hydrogen-bond donors (Lipinski definition) is 1. The van der Waals surface area contributed by atoms with Gasteiger partial charge >= 0.3 is 0 Å². The predicted octanol–water partition coefficient (Wildman–Crippen LogP) is 2.29. The molecule has 0 spiro atoms. The number of fused-ring (bicyclic) bond motifs is 1. The highest BCUT2D eigenvalue weighted by molar-refractivity contribution is 5.78. The van der Waals surface area contributed by atoms with Gasteiger partial charge in [-0.25, -0.2) is 0 Å². The van der Waals surface area contributed by atoms with E-state index in [0.717, 1.165) is 16.5 Å². The third-order valence-corrected chi connectivity index (χ3v) is 2.11. The third-order valence-electron chi connectivity index (χ3n) is 2.11. The Morgan fingerprint density at radius 2 is 2.15 bits per heavy atom.